The summed E-state index contributed by atoms with van der Waals surface area (Å²) in [6.07, 6.45) is -0.603. The highest BCUT2D eigenvalue weighted by Gasteiger charge is 2.35. The van der Waals surface area contributed by atoms with E-state index in [1.54, 1.807) is 13.8 Å². The lowest BCUT2D eigenvalue weighted by Crippen LogP contribution is -2.46. The standard InChI is InChI=1S/C8H18N2O3S/c1-6(2)14(12,13)10(3)7-4-9-5-8(7)11/h6-9,11H,4-5H2,1-3H3/t7-,8-/m1/s1. The molecule has 1 aliphatic rings. The Kier molecular flexibility index (Phi) is 3.52. The summed E-state index contributed by atoms with van der Waals surface area (Å²) in [5, 5.41) is 12.0. The van der Waals surface area contributed by atoms with Gasteiger partial charge in [-0.25, -0.2) is 8.42 Å². The van der Waals surface area contributed by atoms with Crippen molar-refractivity contribution in [3.8, 4) is 0 Å². The molecule has 0 saturated carbocycles. The quantitative estimate of drug-likeness (QED) is 0.642. The summed E-state index contributed by atoms with van der Waals surface area (Å²) in [6.45, 7) is 4.26. The molecule has 6 heteroatoms. The molecule has 1 rings (SSSR count). The van der Waals surface area contributed by atoms with Gasteiger partial charge in [-0.15, -0.1) is 0 Å². The van der Waals surface area contributed by atoms with Crippen molar-refractivity contribution in [1.82, 2.24) is 9.62 Å². The summed E-state index contributed by atoms with van der Waals surface area (Å²) in [5.74, 6) is 0. The highest BCUT2D eigenvalue weighted by atomic mass is 32.2. The number of hydrogen-bond acceptors (Lipinski definition) is 4. The van der Waals surface area contributed by atoms with Crippen LogP contribution < -0.4 is 5.32 Å². The molecule has 0 spiro atoms. The van der Waals surface area contributed by atoms with Crippen molar-refractivity contribution in [2.75, 3.05) is 20.1 Å². The van der Waals surface area contributed by atoms with E-state index in [0.717, 1.165) is 0 Å². The minimum Gasteiger partial charge on any atom is -0.390 e. The van der Waals surface area contributed by atoms with Gasteiger partial charge in [0.2, 0.25) is 10.0 Å². The number of hydrogen-bond donors (Lipinski definition) is 2. The second-order valence-corrected chi connectivity index (χ2v) is 6.45. The molecule has 0 unspecified atom stereocenters. The average Bonchev–Trinajstić information content (AvgIpc) is 2.49. The number of rotatable bonds is 3. The van der Waals surface area contributed by atoms with Crippen molar-refractivity contribution in [3.63, 3.8) is 0 Å². The average molecular weight is 222 g/mol. The van der Waals surface area contributed by atoms with Crippen molar-refractivity contribution in [2.45, 2.75) is 31.2 Å². The van der Waals surface area contributed by atoms with E-state index < -0.39 is 21.4 Å². The Labute approximate surface area is 85.2 Å². The highest BCUT2D eigenvalue weighted by molar-refractivity contribution is 7.89. The van der Waals surface area contributed by atoms with Crippen LogP contribution >= 0.6 is 0 Å². The van der Waals surface area contributed by atoms with Gasteiger partial charge in [0.05, 0.1) is 17.4 Å². The van der Waals surface area contributed by atoms with Gasteiger partial charge in [0, 0.05) is 20.1 Å². The molecule has 5 nitrogen and oxygen atoms in total. The van der Waals surface area contributed by atoms with Gasteiger partial charge in [0.25, 0.3) is 0 Å². The van der Waals surface area contributed by atoms with Crippen LogP contribution in [-0.4, -0.2) is 55.4 Å². The maximum absolute atomic E-state index is 11.7. The van der Waals surface area contributed by atoms with Crippen LogP contribution in [0.4, 0.5) is 0 Å². The van der Waals surface area contributed by atoms with E-state index in [2.05, 4.69) is 5.32 Å². The summed E-state index contributed by atoms with van der Waals surface area (Å²) >= 11 is 0. The van der Waals surface area contributed by atoms with Crippen molar-refractivity contribution in [1.29, 1.82) is 0 Å². The van der Waals surface area contributed by atoms with Crippen LogP contribution in [0.5, 0.6) is 0 Å². The van der Waals surface area contributed by atoms with E-state index in [1.165, 1.54) is 11.4 Å². The van der Waals surface area contributed by atoms with Crippen LogP contribution in [-0.2, 0) is 10.0 Å². The molecule has 1 aliphatic heterocycles. The lowest BCUT2D eigenvalue weighted by Gasteiger charge is -2.27. The van der Waals surface area contributed by atoms with Gasteiger partial charge in [-0.3, -0.25) is 0 Å². The molecule has 0 aromatic heterocycles. The van der Waals surface area contributed by atoms with Gasteiger partial charge in [0.1, 0.15) is 0 Å². The molecule has 0 aromatic rings. The first-order valence-electron chi connectivity index (χ1n) is 4.73. The monoisotopic (exact) mass is 222 g/mol. The molecule has 1 fully saturated rings. The third-order valence-electron chi connectivity index (χ3n) is 2.62. The fourth-order valence-corrected chi connectivity index (χ4v) is 2.80. The second-order valence-electron chi connectivity index (χ2n) is 3.90. The number of aliphatic hydroxyl groups is 1. The van der Waals surface area contributed by atoms with Crippen LogP contribution in [0.1, 0.15) is 13.8 Å². The van der Waals surface area contributed by atoms with E-state index >= 15 is 0 Å². The van der Waals surface area contributed by atoms with Crippen LogP contribution in [0.15, 0.2) is 0 Å². The molecule has 1 heterocycles. The summed E-state index contributed by atoms with van der Waals surface area (Å²) < 4.78 is 24.8. The number of aliphatic hydroxyl groups excluding tert-OH is 1. The van der Waals surface area contributed by atoms with Crippen molar-refractivity contribution in [2.24, 2.45) is 0 Å². The molecule has 0 amide bonds. The predicted octanol–water partition coefficient (Wildman–Crippen LogP) is -1.01. The van der Waals surface area contributed by atoms with Gasteiger partial charge in [-0.1, -0.05) is 0 Å². The molecule has 0 aromatic carbocycles. The third kappa shape index (κ3) is 2.08. The molecule has 84 valence electrons. The van der Waals surface area contributed by atoms with E-state index in [-0.39, 0.29) is 6.04 Å². The van der Waals surface area contributed by atoms with E-state index in [1.807, 2.05) is 0 Å². The Morgan fingerprint density at radius 1 is 1.43 bits per heavy atom. The number of likely N-dealkylation sites (N-methyl/N-ethyl adjacent to an activating group) is 1. The molecular weight excluding hydrogens is 204 g/mol. The Balaban J connectivity index is 2.79. The summed E-state index contributed by atoms with van der Waals surface area (Å²) in [5.41, 5.74) is 0. The maximum atomic E-state index is 11.7. The van der Waals surface area contributed by atoms with Crippen LogP contribution in [0.3, 0.4) is 0 Å². The second kappa shape index (κ2) is 4.14. The number of sulfonamides is 1. The SMILES string of the molecule is CC(C)S(=O)(=O)N(C)[C@@H]1CNC[C@H]1O. The Bertz CT molecular complexity index is 289. The number of β-amino-alcohol motifs (C(OH)–C–C–N with tert-alkyl or cyclic N) is 1. The molecule has 1 saturated heterocycles. The van der Waals surface area contributed by atoms with Crippen molar-refractivity contribution < 1.29 is 13.5 Å². The van der Waals surface area contributed by atoms with E-state index in [0.29, 0.717) is 13.1 Å². The maximum Gasteiger partial charge on any atom is 0.216 e. The zero-order valence-electron chi connectivity index (χ0n) is 8.77. The summed E-state index contributed by atoms with van der Waals surface area (Å²) in [4.78, 5) is 0. The van der Waals surface area contributed by atoms with Crippen LogP contribution in [0, 0.1) is 0 Å². The van der Waals surface area contributed by atoms with E-state index in [9.17, 15) is 13.5 Å². The first-order valence-corrected chi connectivity index (χ1v) is 6.23. The fraction of sp³-hybridized carbons (Fsp3) is 1.00. The van der Waals surface area contributed by atoms with Gasteiger partial charge >= 0.3 is 0 Å². The van der Waals surface area contributed by atoms with Crippen molar-refractivity contribution >= 4 is 10.0 Å². The minimum atomic E-state index is -3.26. The van der Waals surface area contributed by atoms with Crippen LogP contribution in [0.25, 0.3) is 0 Å². The molecule has 14 heavy (non-hydrogen) atoms. The van der Waals surface area contributed by atoms with Crippen LogP contribution in [0.2, 0.25) is 0 Å². The predicted molar refractivity (Wildman–Crippen MR) is 54.5 cm³/mol. The first-order chi connectivity index (χ1) is 6.37. The molecule has 2 N–H and O–H groups in total. The molecular formula is C8H18N2O3S. The Morgan fingerprint density at radius 2 is 2.00 bits per heavy atom. The van der Waals surface area contributed by atoms with Gasteiger partial charge in [0.15, 0.2) is 0 Å². The summed E-state index contributed by atoms with van der Waals surface area (Å²) in [6, 6.07) is -0.331. The van der Waals surface area contributed by atoms with Gasteiger partial charge in [-0.2, -0.15) is 4.31 Å². The number of nitrogens with zero attached hydrogens (tertiary/aromatic N) is 1. The Morgan fingerprint density at radius 3 is 2.36 bits per heavy atom. The van der Waals surface area contributed by atoms with Crippen molar-refractivity contribution in [3.05, 3.63) is 0 Å². The fourth-order valence-electron chi connectivity index (χ4n) is 1.54. The smallest absolute Gasteiger partial charge is 0.216 e. The molecule has 0 aliphatic carbocycles. The minimum absolute atomic E-state index is 0.331. The lowest BCUT2D eigenvalue weighted by molar-refractivity contribution is 0.136. The van der Waals surface area contributed by atoms with E-state index in [4.69, 9.17) is 0 Å². The lowest BCUT2D eigenvalue weighted by atomic mass is 10.2. The molecule has 0 radical (unpaired) electrons. The first kappa shape index (κ1) is 11.9. The largest absolute Gasteiger partial charge is 0.390 e. The number of nitrogens with one attached hydrogen (secondary N) is 1. The Hall–Kier alpha value is -0.170. The molecule has 2 atom stereocenters. The third-order valence-corrected chi connectivity index (χ3v) is 4.88. The zero-order valence-corrected chi connectivity index (χ0v) is 9.58. The topological polar surface area (TPSA) is 69.6 Å². The normalized spacial score (nSPS) is 29.0. The summed E-state index contributed by atoms with van der Waals surface area (Å²) in [7, 11) is -1.74. The van der Waals surface area contributed by atoms with Gasteiger partial charge in [-0.05, 0) is 13.8 Å². The zero-order chi connectivity index (χ0) is 10.9. The highest BCUT2D eigenvalue weighted by Crippen LogP contribution is 2.15. The molecule has 0 bridgehead atoms. The van der Waals surface area contributed by atoms with Gasteiger partial charge < -0.3 is 10.4 Å².